The van der Waals surface area contributed by atoms with Gasteiger partial charge < -0.3 is 15.6 Å². The number of rotatable bonds is 5. The Kier molecular flexibility index (Phi) is 5.65. The van der Waals surface area contributed by atoms with Gasteiger partial charge in [-0.2, -0.15) is 0 Å². The number of unbranched alkanes of at least 4 members (excludes halogenated alkanes) is 1. The fourth-order valence-corrected chi connectivity index (χ4v) is 5.49. The van der Waals surface area contributed by atoms with Gasteiger partial charge >= 0.3 is 0 Å². The molecule has 0 aliphatic carbocycles. The first-order valence-electron chi connectivity index (χ1n) is 11.3. The summed E-state index contributed by atoms with van der Waals surface area (Å²) < 4.78 is 0. The molecule has 0 fully saturated rings. The van der Waals surface area contributed by atoms with Gasteiger partial charge in [0.2, 0.25) is 0 Å². The number of nitrogen functional groups attached to an aromatic ring is 1. The molecule has 1 amide bonds. The molecule has 2 aromatic heterocycles. The van der Waals surface area contributed by atoms with E-state index >= 15 is 0 Å². The lowest BCUT2D eigenvalue weighted by molar-refractivity contribution is 0.0557. The van der Waals surface area contributed by atoms with Crippen LogP contribution in [0.5, 0.6) is 0 Å². The Bertz CT molecular complexity index is 1340. The summed E-state index contributed by atoms with van der Waals surface area (Å²) in [6, 6.07) is 16.0. The molecule has 2 atom stereocenters. The van der Waals surface area contributed by atoms with Gasteiger partial charge in [-0.05, 0) is 48.1 Å². The third-order valence-corrected chi connectivity index (χ3v) is 7.23. The number of aromatic nitrogens is 2. The lowest BCUT2D eigenvalue weighted by Crippen LogP contribution is -2.48. The quantitative estimate of drug-likeness (QED) is 0.307. The molecule has 0 bridgehead atoms. The summed E-state index contributed by atoms with van der Waals surface area (Å²) in [6.45, 7) is 2.18. The van der Waals surface area contributed by atoms with Crippen molar-refractivity contribution < 1.29 is 4.79 Å². The van der Waals surface area contributed by atoms with Crippen LogP contribution in [0.25, 0.3) is 10.9 Å². The maximum absolute atomic E-state index is 13.9. The predicted octanol–water partition coefficient (Wildman–Crippen LogP) is 5.53. The molecular formula is C27H26N4OS. The predicted molar refractivity (Wildman–Crippen MR) is 134 cm³/mol. The van der Waals surface area contributed by atoms with Crippen LogP contribution in [-0.2, 0) is 6.42 Å². The molecule has 5 rings (SSSR count). The molecule has 0 unspecified atom stereocenters. The van der Waals surface area contributed by atoms with Crippen molar-refractivity contribution in [3.05, 3.63) is 81.4 Å². The fraction of sp³-hybridized carbons (Fsp3) is 0.259. The van der Waals surface area contributed by atoms with Crippen molar-refractivity contribution in [1.29, 1.82) is 0 Å². The second-order valence-corrected chi connectivity index (χ2v) is 9.38. The van der Waals surface area contributed by atoms with Crippen molar-refractivity contribution in [3.63, 3.8) is 0 Å². The molecule has 2 aromatic carbocycles. The highest BCUT2D eigenvalue weighted by atomic mass is 32.1. The van der Waals surface area contributed by atoms with Gasteiger partial charge in [-0.15, -0.1) is 17.8 Å². The fourth-order valence-electron chi connectivity index (χ4n) is 4.90. The Hall–Kier alpha value is -3.56. The monoisotopic (exact) mass is 454 g/mol. The number of anilines is 1. The Morgan fingerprint density at radius 3 is 2.79 bits per heavy atom. The molecule has 4 aromatic rings. The molecule has 0 radical (unpaired) electrons. The summed E-state index contributed by atoms with van der Waals surface area (Å²) in [6.07, 6.45) is 9.39. The molecule has 6 heteroatoms. The number of fused-ring (bicyclic) bond motifs is 3. The number of amides is 1. The molecular weight excluding hydrogens is 428 g/mol. The maximum atomic E-state index is 13.9. The van der Waals surface area contributed by atoms with Crippen LogP contribution in [0.15, 0.2) is 53.9 Å². The molecule has 5 nitrogen and oxygen atoms in total. The van der Waals surface area contributed by atoms with E-state index in [2.05, 4.69) is 41.0 Å². The number of benzene rings is 2. The van der Waals surface area contributed by atoms with Gasteiger partial charge in [-0.3, -0.25) is 4.79 Å². The number of hydrogen-bond donors (Lipinski definition) is 2. The van der Waals surface area contributed by atoms with Crippen LogP contribution in [0.2, 0.25) is 0 Å². The minimum atomic E-state index is -0.257. The minimum Gasteiger partial charge on any atom is -0.399 e. The average Bonchev–Trinajstić information content (AvgIpc) is 3.47. The first-order valence-corrected chi connectivity index (χ1v) is 12.2. The van der Waals surface area contributed by atoms with Crippen molar-refractivity contribution in [2.24, 2.45) is 0 Å². The zero-order valence-electron chi connectivity index (χ0n) is 18.5. The van der Waals surface area contributed by atoms with E-state index in [-0.39, 0.29) is 18.0 Å². The number of nitrogens with zero attached hydrogens (tertiary/aromatic N) is 2. The normalized spacial score (nSPS) is 17.6. The van der Waals surface area contributed by atoms with Crippen LogP contribution in [0, 0.1) is 12.3 Å². The van der Waals surface area contributed by atoms with Crippen molar-refractivity contribution in [1.82, 2.24) is 14.9 Å². The lowest BCUT2D eigenvalue weighted by Gasteiger charge is -2.42. The second kappa shape index (κ2) is 8.76. The summed E-state index contributed by atoms with van der Waals surface area (Å²) in [4.78, 5) is 24.0. The summed E-state index contributed by atoms with van der Waals surface area (Å²) in [5, 5.41) is 3.52. The van der Waals surface area contributed by atoms with Crippen molar-refractivity contribution in [2.45, 2.75) is 44.7 Å². The number of carbonyl (C=O) groups is 1. The molecule has 3 N–H and O–H groups in total. The Balaban J connectivity index is 1.70. The van der Waals surface area contributed by atoms with Crippen LogP contribution in [0.1, 0.15) is 64.5 Å². The number of nitrogens with one attached hydrogen (secondary N) is 1. The molecule has 3 heterocycles. The van der Waals surface area contributed by atoms with Gasteiger partial charge in [0.05, 0.1) is 6.04 Å². The minimum absolute atomic E-state index is 0.0581. The SMILES string of the molecule is C#Cc1nc(C(=O)N2[C@@H](CCCC)Cc3c([nH]c4ccccc34)[C@@H]2c2ccc(N)cc2)cs1. The van der Waals surface area contributed by atoms with Gasteiger partial charge in [-0.1, -0.05) is 50.1 Å². The Morgan fingerprint density at radius 1 is 1.27 bits per heavy atom. The Labute approximate surface area is 197 Å². The van der Waals surface area contributed by atoms with Crippen LogP contribution in [-0.4, -0.2) is 26.8 Å². The molecule has 1 aliphatic heterocycles. The Morgan fingerprint density at radius 2 is 2.06 bits per heavy atom. The standard InChI is InChI=1S/C27H26N4OS/c1-3-5-8-19-15-21-20-9-6-7-10-22(20)30-25(21)26(17-11-13-18(28)14-12-17)31(19)27(32)23-16-33-24(4-2)29-23/h2,6-7,9-14,16,19,26,30H,3,5,8,15,28H2,1H3/t19-,26-/m0/s1. The van der Waals surface area contributed by atoms with Crippen LogP contribution < -0.4 is 5.73 Å². The van der Waals surface area contributed by atoms with Gasteiger partial charge in [0.25, 0.3) is 5.91 Å². The van der Waals surface area contributed by atoms with E-state index in [1.807, 2.05) is 35.2 Å². The highest BCUT2D eigenvalue weighted by Gasteiger charge is 2.41. The number of H-pyrrole nitrogens is 1. The van der Waals surface area contributed by atoms with Gasteiger partial charge in [0, 0.05) is 33.7 Å². The zero-order chi connectivity index (χ0) is 22.9. The number of thiazole rings is 1. The van der Waals surface area contributed by atoms with E-state index < -0.39 is 0 Å². The van der Waals surface area contributed by atoms with Gasteiger partial charge in [0.1, 0.15) is 5.69 Å². The second-order valence-electron chi connectivity index (χ2n) is 8.53. The lowest BCUT2D eigenvalue weighted by atomic mass is 9.86. The third-order valence-electron chi connectivity index (χ3n) is 6.46. The summed E-state index contributed by atoms with van der Waals surface area (Å²) in [7, 11) is 0. The number of terminal acetylenes is 1. The molecule has 0 spiro atoms. The van der Waals surface area contributed by atoms with Crippen molar-refractivity contribution >= 4 is 33.8 Å². The van der Waals surface area contributed by atoms with Gasteiger partial charge in [-0.25, -0.2) is 4.98 Å². The largest absolute Gasteiger partial charge is 0.399 e. The molecule has 1 aliphatic rings. The van der Waals surface area contributed by atoms with Gasteiger partial charge in [0.15, 0.2) is 5.01 Å². The smallest absolute Gasteiger partial charge is 0.274 e. The topological polar surface area (TPSA) is 75.0 Å². The van der Waals surface area contributed by atoms with E-state index in [9.17, 15) is 4.79 Å². The highest BCUT2D eigenvalue weighted by molar-refractivity contribution is 7.10. The van der Waals surface area contributed by atoms with E-state index in [0.717, 1.165) is 42.5 Å². The number of carbonyl (C=O) groups excluding carboxylic acids is 1. The number of aromatic amines is 1. The summed E-state index contributed by atoms with van der Waals surface area (Å²) in [5.41, 5.74) is 11.6. The number of nitrogens with two attached hydrogens (primary N) is 1. The molecule has 166 valence electrons. The zero-order valence-corrected chi connectivity index (χ0v) is 19.4. The van der Waals surface area contributed by atoms with E-state index in [1.54, 1.807) is 5.38 Å². The molecule has 33 heavy (non-hydrogen) atoms. The maximum Gasteiger partial charge on any atom is 0.274 e. The number of para-hydroxylation sites is 1. The van der Waals surface area contributed by atoms with Crippen molar-refractivity contribution in [2.75, 3.05) is 5.73 Å². The van der Waals surface area contributed by atoms with E-state index in [0.29, 0.717) is 16.4 Å². The molecule has 0 saturated heterocycles. The summed E-state index contributed by atoms with van der Waals surface area (Å²) >= 11 is 1.33. The summed E-state index contributed by atoms with van der Waals surface area (Å²) in [5.74, 6) is 2.47. The van der Waals surface area contributed by atoms with Crippen LogP contribution in [0.4, 0.5) is 5.69 Å². The van der Waals surface area contributed by atoms with E-state index in [4.69, 9.17) is 12.2 Å². The van der Waals surface area contributed by atoms with Crippen LogP contribution in [0.3, 0.4) is 0 Å². The average molecular weight is 455 g/mol. The highest BCUT2D eigenvalue weighted by Crippen LogP contribution is 2.42. The van der Waals surface area contributed by atoms with Crippen molar-refractivity contribution in [3.8, 4) is 12.3 Å². The van der Waals surface area contributed by atoms with Crippen LogP contribution >= 0.6 is 11.3 Å². The first-order chi connectivity index (χ1) is 16.1. The number of hydrogen-bond acceptors (Lipinski definition) is 4. The third kappa shape index (κ3) is 3.79. The first kappa shape index (κ1) is 21.3. The molecule has 0 saturated carbocycles. The van der Waals surface area contributed by atoms with E-state index in [1.165, 1.54) is 22.3 Å².